The first-order valence-electron chi connectivity index (χ1n) is 10.4. The van der Waals surface area contributed by atoms with Crippen LogP contribution in [0.25, 0.3) is 0 Å². The molecule has 0 aliphatic carbocycles. The molecule has 34 heavy (non-hydrogen) atoms. The number of rotatable bonds is 7. The van der Waals surface area contributed by atoms with Crippen molar-refractivity contribution in [2.75, 3.05) is 26.1 Å². The largest absolute Gasteiger partial charge is 0.496 e. The predicted octanol–water partition coefficient (Wildman–Crippen LogP) is 3.05. The number of nitrogens with zero attached hydrogens (tertiary/aromatic N) is 1. The van der Waals surface area contributed by atoms with E-state index in [-0.39, 0.29) is 41.4 Å². The van der Waals surface area contributed by atoms with E-state index in [2.05, 4.69) is 5.32 Å². The predicted molar refractivity (Wildman–Crippen MR) is 126 cm³/mol. The van der Waals surface area contributed by atoms with Gasteiger partial charge in [0.15, 0.2) is 5.78 Å². The molecule has 0 radical (unpaired) electrons. The smallest absolute Gasteiger partial charge is 0.266 e. The zero-order valence-electron chi connectivity index (χ0n) is 19.0. The highest BCUT2D eigenvalue weighted by atomic mass is 35.5. The molecule has 1 saturated heterocycles. The molecule has 1 unspecified atom stereocenters. The highest BCUT2D eigenvalue weighted by Gasteiger charge is 2.38. The van der Waals surface area contributed by atoms with E-state index < -0.39 is 34.3 Å². The molecule has 2 amide bonds. The molecule has 3 rings (SSSR count). The molecular weight excluding hydrogens is 484 g/mol. The summed E-state index contributed by atoms with van der Waals surface area (Å²) in [6.07, 6.45) is 0.409. The van der Waals surface area contributed by atoms with E-state index in [1.807, 2.05) is 0 Å². The molecule has 0 bridgehead atoms. The topological polar surface area (TPSA) is 119 Å². The van der Waals surface area contributed by atoms with E-state index in [1.54, 1.807) is 18.2 Å². The van der Waals surface area contributed by atoms with Gasteiger partial charge in [-0.1, -0.05) is 11.6 Å². The first kappa shape index (κ1) is 25.5. The molecule has 0 aromatic heterocycles. The Kier molecular flexibility index (Phi) is 7.83. The summed E-state index contributed by atoms with van der Waals surface area (Å²) >= 11 is 6.10. The van der Waals surface area contributed by atoms with Crippen molar-refractivity contribution >= 4 is 44.9 Å². The van der Waals surface area contributed by atoms with E-state index in [0.29, 0.717) is 20.6 Å². The first-order chi connectivity index (χ1) is 16.1. The lowest BCUT2D eigenvalue weighted by Gasteiger charge is -2.24. The number of benzene rings is 2. The van der Waals surface area contributed by atoms with Gasteiger partial charge in [0, 0.05) is 24.3 Å². The van der Waals surface area contributed by atoms with Gasteiger partial charge in [0.05, 0.1) is 31.3 Å². The van der Waals surface area contributed by atoms with Crippen molar-refractivity contribution in [2.45, 2.75) is 31.1 Å². The molecular formula is C23H25ClN2O7S. The summed E-state index contributed by atoms with van der Waals surface area (Å²) in [5.74, 6) is -1.50. The zero-order chi connectivity index (χ0) is 25.0. The molecule has 1 aliphatic rings. The van der Waals surface area contributed by atoms with Crippen LogP contribution in [-0.4, -0.2) is 51.1 Å². The Labute approximate surface area is 203 Å². The van der Waals surface area contributed by atoms with Crippen LogP contribution in [0.5, 0.6) is 11.5 Å². The lowest BCUT2D eigenvalue weighted by atomic mass is 9.93. The number of methoxy groups -OCH3 is 2. The quantitative estimate of drug-likeness (QED) is 0.610. The third-order valence-electron chi connectivity index (χ3n) is 5.47. The number of amides is 2. The Bertz CT molecular complexity index is 1230. The van der Waals surface area contributed by atoms with Crippen molar-refractivity contribution in [1.29, 1.82) is 0 Å². The minimum Gasteiger partial charge on any atom is -0.496 e. The van der Waals surface area contributed by atoms with Crippen LogP contribution in [0.1, 0.15) is 25.3 Å². The molecule has 1 heterocycles. The van der Waals surface area contributed by atoms with Gasteiger partial charge in [0.2, 0.25) is 11.8 Å². The molecule has 1 fully saturated rings. The molecule has 2 aromatic rings. The Hall–Kier alpha value is -3.11. The molecule has 1 atom stereocenters. The number of Topliss-reactive ketones (excluding diaryl/α,β-unsaturated/α-hetero) is 1. The van der Waals surface area contributed by atoms with Crippen LogP contribution in [0.3, 0.4) is 0 Å². The SMILES string of the molecule is COc1ccc(Cl)cc1CC1CCC(=O)CN(S(=O)(=O)c2ccc(OC)c(NC(C)=O)c2)C1=O. The first-order valence-corrected chi connectivity index (χ1v) is 12.2. The summed E-state index contributed by atoms with van der Waals surface area (Å²) in [5.41, 5.74) is 0.766. The Morgan fingerprint density at radius 2 is 1.79 bits per heavy atom. The monoisotopic (exact) mass is 508 g/mol. The maximum atomic E-state index is 13.5. The van der Waals surface area contributed by atoms with Gasteiger partial charge in [0.25, 0.3) is 10.0 Å². The fourth-order valence-electron chi connectivity index (χ4n) is 3.81. The average molecular weight is 509 g/mol. The van der Waals surface area contributed by atoms with E-state index in [4.69, 9.17) is 21.1 Å². The lowest BCUT2D eigenvalue weighted by molar-refractivity contribution is -0.131. The van der Waals surface area contributed by atoms with Crippen molar-refractivity contribution in [3.8, 4) is 11.5 Å². The minimum absolute atomic E-state index is 0.0606. The third-order valence-corrected chi connectivity index (χ3v) is 7.44. The number of halogens is 1. The Morgan fingerprint density at radius 1 is 1.12 bits per heavy atom. The summed E-state index contributed by atoms with van der Waals surface area (Å²) < 4.78 is 38.0. The fraction of sp³-hybridized carbons (Fsp3) is 0.348. The normalized spacial score (nSPS) is 16.7. The van der Waals surface area contributed by atoms with E-state index in [1.165, 1.54) is 39.3 Å². The van der Waals surface area contributed by atoms with Crippen LogP contribution < -0.4 is 14.8 Å². The second-order valence-corrected chi connectivity index (χ2v) is 10.1. The molecule has 0 spiro atoms. The Morgan fingerprint density at radius 3 is 2.44 bits per heavy atom. The van der Waals surface area contributed by atoms with Gasteiger partial charge in [-0.05, 0) is 54.8 Å². The maximum Gasteiger partial charge on any atom is 0.266 e. The number of hydrogen-bond donors (Lipinski definition) is 1. The van der Waals surface area contributed by atoms with Crippen LogP contribution in [-0.2, 0) is 30.8 Å². The molecule has 2 aromatic carbocycles. The number of carbonyl (C=O) groups is 3. The van der Waals surface area contributed by atoms with Gasteiger partial charge < -0.3 is 14.8 Å². The van der Waals surface area contributed by atoms with Crippen molar-refractivity contribution in [3.05, 3.63) is 47.0 Å². The standard InChI is InChI=1S/C23H25ClN2O7S/c1-14(27)25-20-12-19(7-9-22(20)33-3)34(30,31)26-13-18(28)6-4-15(23(26)29)10-16-11-17(24)5-8-21(16)32-2/h5,7-9,11-12,15H,4,6,10,13H2,1-3H3,(H,25,27). The zero-order valence-corrected chi connectivity index (χ0v) is 20.5. The van der Waals surface area contributed by atoms with Gasteiger partial charge in [0.1, 0.15) is 11.5 Å². The van der Waals surface area contributed by atoms with Crippen LogP contribution in [0, 0.1) is 5.92 Å². The molecule has 1 N–H and O–H groups in total. The van der Waals surface area contributed by atoms with Crippen LogP contribution >= 0.6 is 11.6 Å². The third kappa shape index (κ3) is 5.51. The van der Waals surface area contributed by atoms with Gasteiger partial charge in [-0.2, -0.15) is 0 Å². The van der Waals surface area contributed by atoms with Gasteiger partial charge in [-0.3, -0.25) is 14.4 Å². The number of nitrogens with one attached hydrogen (secondary N) is 1. The second-order valence-electron chi connectivity index (χ2n) is 7.83. The number of ether oxygens (including phenoxy) is 2. The molecule has 0 saturated carbocycles. The average Bonchev–Trinajstić information content (AvgIpc) is 2.92. The lowest BCUT2D eigenvalue weighted by Crippen LogP contribution is -2.42. The number of sulfonamides is 1. The number of ketones is 1. The van der Waals surface area contributed by atoms with Crippen LogP contribution in [0.2, 0.25) is 5.02 Å². The number of anilines is 1. The summed E-state index contributed by atoms with van der Waals surface area (Å²) in [7, 11) is -1.54. The van der Waals surface area contributed by atoms with Crippen LogP contribution in [0.15, 0.2) is 41.3 Å². The van der Waals surface area contributed by atoms with Crippen molar-refractivity contribution < 1.29 is 32.3 Å². The molecule has 1 aliphatic heterocycles. The fourth-order valence-corrected chi connectivity index (χ4v) is 5.46. The molecule has 182 valence electrons. The second kappa shape index (κ2) is 10.4. The van der Waals surface area contributed by atoms with Gasteiger partial charge >= 0.3 is 0 Å². The summed E-state index contributed by atoms with van der Waals surface area (Å²) in [5, 5.41) is 2.95. The van der Waals surface area contributed by atoms with Crippen molar-refractivity contribution in [1.82, 2.24) is 4.31 Å². The van der Waals surface area contributed by atoms with Crippen molar-refractivity contribution in [3.63, 3.8) is 0 Å². The van der Waals surface area contributed by atoms with Crippen molar-refractivity contribution in [2.24, 2.45) is 5.92 Å². The maximum absolute atomic E-state index is 13.5. The molecule has 11 heteroatoms. The van der Waals surface area contributed by atoms with E-state index >= 15 is 0 Å². The number of hydrogen-bond acceptors (Lipinski definition) is 7. The van der Waals surface area contributed by atoms with Gasteiger partial charge in [-0.25, -0.2) is 12.7 Å². The molecule has 9 nitrogen and oxygen atoms in total. The minimum atomic E-state index is -4.40. The van der Waals surface area contributed by atoms with Crippen LogP contribution in [0.4, 0.5) is 5.69 Å². The van der Waals surface area contributed by atoms with E-state index in [0.717, 1.165) is 0 Å². The Balaban J connectivity index is 1.99. The summed E-state index contributed by atoms with van der Waals surface area (Å²) in [6.45, 7) is 0.707. The highest BCUT2D eigenvalue weighted by Crippen LogP contribution is 2.33. The summed E-state index contributed by atoms with van der Waals surface area (Å²) in [4.78, 5) is 37.1. The summed E-state index contributed by atoms with van der Waals surface area (Å²) in [6, 6.07) is 8.80. The highest BCUT2D eigenvalue weighted by molar-refractivity contribution is 7.89. The van der Waals surface area contributed by atoms with E-state index in [9.17, 15) is 22.8 Å². The van der Waals surface area contributed by atoms with Gasteiger partial charge in [-0.15, -0.1) is 0 Å². The number of carbonyl (C=O) groups excluding carboxylic acids is 3.